The second-order valence-corrected chi connectivity index (χ2v) is 3.76. The first-order valence-corrected chi connectivity index (χ1v) is 5.58. The third-order valence-electron chi connectivity index (χ3n) is 2.37. The van der Waals surface area contributed by atoms with Gasteiger partial charge in [0, 0.05) is 31.5 Å². The first kappa shape index (κ1) is 12.7. The van der Waals surface area contributed by atoms with Crippen LogP contribution in [0.25, 0.3) is 0 Å². The number of hydrogen-bond donors (Lipinski definition) is 1. The number of ether oxygens (including phenoxy) is 1. The SMILES string of the molecule is COCCCCNc1cccc(C(C)=O)c1. The number of benzene rings is 1. The van der Waals surface area contributed by atoms with Gasteiger partial charge in [-0.05, 0) is 31.9 Å². The topological polar surface area (TPSA) is 38.3 Å². The average molecular weight is 221 g/mol. The third-order valence-corrected chi connectivity index (χ3v) is 2.37. The molecule has 0 amide bonds. The van der Waals surface area contributed by atoms with Crippen LogP contribution in [0.3, 0.4) is 0 Å². The highest BCUT2D eigenvalue weighted by atomic mass is 16.5. The van der Waals surface area contributed by atoms with Crippen molar-refractivity contribution in [2.24, 2.45) is 0 Å². The Hall–Kier alpha value is -1.35. The summed E-state index contributed by atoms with van der Waals surface area (Å²) in [6.45, 7) is 3.29. The molecule has 1 rings (SSSR count). The average Bonchev–Trinajstić information content (AvgIpc) is 2.29. The summed E-state index contributed by atoms with van der Waals surface area (Å²) < 4.78 is 4.97. The predicted molar refractivity (Wildman–Crippen MR) is 66.0 cm³/mol. The number of anilines is 1. The number of unbranched alkanes of at least 4 members (excludes halogenated alkanes) is 1. The molecule has 3 heteroatoms. The Labute approximate surface area is 96.8 Å². The zero-order valence-corrected chi connectivity index (χ0v) is 9.95. The van der Waals surface area contributed by atoms with E-state index in [1.165, 1.54) is 0 Å². The third kappa shape index (κ3) is 4.45. The molecular weight excluding hydrogens is 202 g/mol. The van der Waals surface area contributed by atoms with Gasteiger partial charge in [-0.1, -0.05) is 12.1 Å². The molecule has 0 heterocycles. The molecule has 0 aliphatic carbocycles. The summed E-state index contributed by atoms with van der Waals surface area (Å²) in [6, 6.07) is 7.59. The molecule has 0 aliphatic rings. The van der Waals surface area contributed by atoms with Crippen LogP contribution in [0.2, 0.25) is 0 Å². The van der Waals surface area contributed by atoms with Crippen molar-refractivity contribution in [3.63, 3.8) is 0 Å². The van der Waals surface area contributed by atoms with Crippen LogP contribution in [-0.4, -0.2) is 26.0 Å². The van der Waals surface area contributed by atoms with Gasteiger partial charge in [0.2, 0.25) is 0 Å². The molecule has 1 aromatic rings. The Morgan fingerprint density at radius 2 is 2.19 bits per heavy atom. The van der Waals surface area contributed by atoms with Crippen molar-refractivity contribution in [3.05, 3.63) is 29.8 Å². The minimum atomic E-state index is 0.100. The van der Waals surface area contributed by atoms with Gasteiger partial charge in [0.05, 0.1) is 0 Å². The number of ketones is 1. The molecule has 0 saturated carbocycles. The van der Waals surface area contributed by atoms with E-state index in [0.717, 1.165) is 37.2 Å². The molecule has 1 N–H and O–H groups in total. The van der Waals surface area contributed by atoms with E-state index in [1.807, 2.05) is 24.3 Å². The van der Waals surface area contributed by atoms with Gasteiger partial charge in [0.1, 0.15) is 0 Å². The fraction of sp³-hybridized carbons (Fsp3) is 0.462. The van der Waals surface area contributed by atoms with Crippen LogP contribution in [0.15, 0.2) is 24.3 Å². The van der Waals surface area contributed by atoms with E-state index in [-0.39, 0.29) is 5.78 Å². The molecule has 0 unspecified atom stereocenters. The molecule has 16 heavy (non-hydrogen) atoms. The number of rotatable bonds is 7. The van der Waals surface area contributed by atoms with E-state index in [9.17, 15) is 4.79 Å². The van der Waals surface area contributed by atoms with Crippen LogP contribution in [-0.2, 0) is 4.74 Å². The van der Waals surface area contributed by atoms with Gasteiger partial charge in [-0.2, -0.15) is 0 Å². The van der Waals surface area contributed by atoms with Crippen molar-refractivity contribution in [2.45, 2.75) is 19.8 Å². The van der Waals surface area contributed by atoms with Crippen LogP contribution in [0.1, 0.15) is 30.1 Å². The molecule has 0 aliphatic heterocycles. The standard InChI is InChI=1S/C13H19NO2/c1-11(15)12-6-5-7-13(10-12)14-8-3-4-9-16-2/h5-7,10,14H,3-4,8-9H2,1-2H3. The second kappa shape index (κ2) is 7.01. The summed E-state index contributed by atoms with van der Waals surface area (Å²) in [6.07, 6.45) is 2.12. The number of methoxy groups -OCH3 is 1. The Morgan fingerprint density at radius 3 is 2.88 bits per heavy atom. The lowest BCUT2D eigenvalue weighted by Gasteiger charge is -2.07. The minimum absolute atomic E-state index is 0.100. The minimum Gasteiger partial charge on any atom is -0.385 e. The number of nitrogens with one attached hydrogen (secondary N) is 1. The highest BCUT2D eigenvalue weighted by molar-refractivity contribution is 5.94. The fourth-order valence-electron chi connectivity index (χ4n) is 1.45. The largest absolute Gasteiger partial charge is 0.385 e. The van der Waals surface area contributed by atoms with Crippen molar-refractivity contribution < 1.29 is 9.53 Å². The zero-order chi connectivity index (χ0) is 11.8. The molecule has 0 bridgehead atoms. The quantitative estimate of drug-likeness (QED) is 0.568. The Balaban J connectivity index is 2.36. The summed E-state index contributed by atoms with van der Waals surface area (Å²) >= 11 is 0. The highest BCUT2D eigenvalue weighted by Crippen LogP contribution is 2.11. The van der Waals surface area contributed by atoms with Gasteiger partial charge in [0.25, 0.3) is 0 Å². The van der Waals surface area contributed by atoms with E-state index in [0.29, 0.717) is 0 Å². The van der Waals surface area contributed by atoms with Crippen LogP contribution in [0.4, 0.5) is 5.69 Å². The summed E-state index contributed by atoms with van der Waals surface area (Å²) in [5.41, 5.74) is 1.76. The Morgan fingerprint density at radius 1 is 1.38 bits per heavy atom. The molecule has 0 atom stereocenters. The van der Waals surface area contributed by atoms with Gasteiger partial charge in [-0.25, -0.2) is 0 Å². The summed E-state index contributed by atoms with van der Waals surface area (Å²) in [5.74, 6) is 0.100. The lowest BCUT2D eigenvalue weighted by atomic mass is 10.1. The summed E-state index contributed by atoms with van der Waals surface area (Å²) in [4.78, 5) is 11.2. The lowest BCUT2D eigenvalue weighted by Crippen LogP contribution is -2.03. The molecular formula is C13H19NO2. The normalized spacial score (nSPS) is 10.1. The molecule has 0 fully saturated rings. The van der Waals surface area contributed by atoms with Crippen LogP contribution in [0, 0.1) is 0 Å². The maximum absolute atomic E-state index is 11.2. The maximum Gasteiger partial charge on any atom is 0.159 e. The van der Waals surface area contributed by atoms with E-state index >= 15 is 0 Å². The van der Waals surface area contributed by atoms with Crippen LogP contribution >= 0.6 is 0 Å². The van der Waals surface area contributed by atoms with Gasteiger partial charge in [-0.15, -0.1) is 0 Å². The molecule has 0 saturated heterocycles. The maximum atomic E-state index is 11.2. The first-order chi connectivity index (χ1) is 7.74. The second-order valence-electron chi connectivity index (χ2n) is 3.76. The molecule has 0 radical (unpaired) electrons. The smallest absolute Gasteiger partial charge is 0.159 e. The zero-order valence-electron chi connectivity index (χ0n) is 9.95. The van der Waals surface area contributed by atoms with E-state index in [2.05, 4.69) is 5.32 Å². The van der Waals surface area contributed by atoms with Gasteiger partial charge < -0.3 is 10.1 Å². The summed E-state index contributed by atoms with van der Waals surface area (Å²) in [7, 11) is 1.71. The van der Waals surface area contributed by atoms with E-state index in [1.54, 1.807) is 14.0 Å². The van der Waals surface area contributed by atoms with Crippen LogP contribution in [0.5, 0.6) is 0 Å². The van der Waals surface area contributed by atoms with E-state index < -0.39 is 0 Å². The van der Waals surface area contributed by atoms with Crippen molar-refractivity contribution in [1.82, 2.24) is 0 Å². The molecule has 0 aromatic heterocycles. The lowest BCUT2D eigenvalue weighted by molar-refractivity contribution is 0.101. The molecule has 88 valence electrons. The predicted octanol–water partition coefficient (Wildman–Crippen LogP) is 2.73. The molecule has 0 spiro atoms. The monoisotopic (exact) mass is 221 g/mol. The highest BCUT2D eigenvalue weighted by Gasteiger charge is 1.99. The van der Waals surface area contributed by atoms with Gasteiger partial charge >= 0.3 is 0 Å². The Bertz CT molecular complexity index is 336. The van der Waals surface area contributed by atoms with Crippen molar-refractivity contribution >= 4 is 11.5 Å². The molecule has 3 nitrogen and oxygen atoms in total. The van der Waals surface area contributed by atoms with E-state index in [4.69, 9.17) is 4.74 Å². The summed E-state index contributed by atoms with van der Waals surface area (Å²) in [5, 5.41) is 3.29. The van der Waals surface area contributed by atoms with Crippen molar-refractivity contribution in [1.29, 1.82) is 0 Å². The number of carbonyl (C=O) groups excluding carboxylic acids is 1. The Kier molecular flexibility index (Phi) is 5.57. The van der Waals surface area contributed by atoms with Crippen molar-refractivity contribution in [3.8, 4) is 0 Å². The number of carbonyl (C=O) groups is 1. The van der Waals surface area contributed by atoms with Gasteiger partial charge in [-0.3, -0.25) is 4.79 Å². The van der Waals surface area contributed by atoms with Gasteiger partial charge in [0.15, 0.2) is 5.78 Å². The first-order valence-electron chi connectivity index (χ1n) is 5.58. The van der Waals surface area contributed by atoms with Crippen LogP contribution < -0.4 is 5.32 Å². The number of Topliss-reactive ketones (excluding diaryl/α,β-unsaturated/α-hetero) is 1. The fourth-order valence-corrected chi connectivity index (χ4v) is 1.45. The van der Waals surface area contributed by atoms with Crippen molar-refractivity contribution in [2.75, 3.05) is 25.6 Å². The number of hydrogen-bond acceptors (Lipinski definition) is 3. The molecule has 1 aromatic carbocycles.